The summed E-state index contributed by atoms with van der Waals surface area (Å²) in [6.07, 6.45) is 0. The van der Waals surface area contributed by atoms with Crippen LogP contribution in [0.25, 0.3) is 10.9 Å². The summed E-state index contributed by atoms with van der Waals surface area (Å²) in [6.45, 7) is 0. The minimum absolute atomic E-state index is 0.106. The zero-order chi connectivity index (χ0) is 15.4. The SMILES string of the molecule is O=C(CSc1ccc2ccccc2n1)Nc1ccc(O)cc1. The van der Waals surface area contributed by atoms with Gasteiger partial charge in [-0.3, -0.25) is 4.79 Å². The monoisotopic (exact) mass is 310 g/mol. The fraction of sp³-hybridized carbons (Fsp3) is 0.0588. The van der Waals surface area contributed by atoms with Gasteiger partial charge in [0, 0.05) is 11.1 Å². The van der Waals surface area contributed by atoms with Crippen LogP contribution in [0.15, 0.2) is 65.7 Å². The number of hydrogen-bond donors (Lipinski definition) is 2. The van der Waals surface area contributed by atoms with E-state index in [1.807, 2.05) is 36.4 Å². The highest BCUT2D eigenvalue weighted by Crippen LogP contribution is 2.20. The van der Waals surface area contributed by atoms with Crippen LogP contribution in [0.3, 0.4) is 0 Å². The molecule has 0 atom stereocenters. The van der Waals surface area contributed by atoms with Gasteiger partial charge in [-0.25, -0.2) is 4.98 Å². The van der Waals surface area contributed by atoms with E-state index >= 15 is 0 Å². The molecule has 1 aromatic heterocycles. The molecule has 110 valence electrons. The van der Waals surface area contributed by atoms with Crippen LogP contribution in [-0.4, -0.2) is 21.8 Å². The molecule has 0 saturated carbocycles. The van der Waals surface area contributed by atoms with Crippen molar-refractivity contribution < 1.29 is 9.90 Å². The Morgan fingerprint density at radius 1 is 1.05 bits per heavy atom. The highest BCUT2D eigenvalue weighted by molar-refractivity contribution is 7.99. The predicted molar refractivity (Wildman–Crippen MR) is 89.2 cm³/mol. The molecule has 22 heavy (non-hydrogen) atoms. The fourth-order valence-corrected chi connectivity index (χ4v) is 2.69. The first-order valence-corrected chi connectivity index (χ1v) is 7.77. The lowest BCUT2D eigenvalue weighted by Crippen LogP contribution is -2.13. The highest BCUT2D eigenvalue weighted by Gasteiger charge is 2.05. The molecule has 0 aliphatic heterocycles. The Hall–Kier alpha value is -2.53. The highest BCUT2D eigenvalue weighted by atomic mass is 32.2. The molecule has 3 aromatic rings. The summed E-state index contributed by atoms with van der Waals surface area (Å²) < 4.78 is 0. The van der Waals surface area contributed by atoms with Gasteiger partial charge in [-0.15, -0.1) is 0 Å². The van der Waals surface area contributed by atoms with Crippen molar-refractivity contribution in [1.29, 1.82) is 0 Å². The molecule has 2 N–H and O–H groups in total. The smallest absolute Gasteiger partial charge is 0.234 e. The number of thioether (sulfide) groups is 1. The fourth-order valence-electron chi connectivity index (χ4n) is 2.01. The molecule has 0 bridgehead atoms. The topological polar surface area (TPSA) is 62.2 Å². The maximum absolute atomic E-state index is 11.9. The maximum atomic E-state index is 11.9. The molecule has 0 spiro atoms. The number of hydrogen-bond acceptors (Lipinski definition) is 4. The van der Waals surface area contributed by atoms with Crippen LogP contribution in [-0.2, 0) is 4.79 Å². The second-order valence-electron chi connectivity index (χ2n) is 4.73. The van der Waals surface area contributed by atoms with Gasteiger partial charge in [0.1, 0.15) is 5.75 Å². The van der Waals surface area contributed by atoms with Gasteiger partial charge in [0.15, 0.2) is 0 Å². The van der Waals surface area contributed by atoms with E-state index in [2.05, 4.69) is 10.3 Å². The summed E-state index contributed by atoms with van der Waals surface area (Å²) in [6, 6.07) is 18.2. The van der Waals surface area contributed by atoms with Crippen molar-refractivity contribution in [1.82, 2.24) is 4.98 Å². The Kier molecular flexibility index (Phi) is 4.25. The second-order valence-corrected chi connectivity index (χ2v) is 5.72. The lowest BCUT2D eigenvalue weighted by molar-refractivity contribution is -0.113. The number of phenols is 1. The number of fused-ring (bicyclic) bond motifs is 1. The van der Waals surface area contributed by atoms with Crippen LogP contribution in [0.2, 0.25) is 0 Å². The molecule has 0 aliphatic rings. The van der Waals surface area contributed by atoms with Crippen molar-refractivity contribution in [3.8, 4) is 5.75 Å². The van der Waals surface area contributed by atoms with Crippen LogP contribution < -0.4 is 5.32 Å². The third-order valence-electron chi connectivity index (χ3n) is 3.08. The molecule has 0 fully saturated rings. The van der Waals surface area contributed by atoms with Gasteiger partial charge in [-0.2, -0.15) is 0 Å². The standard InChI is InChI=1S/C17H14N2O2S/c20-14-8-6-13(7-9-14)18-16(21)11-22-17-10-5-12-3-1-2-4-15(12)19-17/h1-10,20H,11H2,(H,18,21). The first kappa shape index (κ1) is 14.4. The molecule has 5 heteroatoms. The molecular weight excluding hydrogens is 296 g/mol. The number of nitrogens with one attached hydrogen (secondary N) is 1. The molecular formula is C17H14N2O2S. The number of para-hydroxylation sites is 1. The molecule has 1 amide bonds. The average molecular weight is 310 g/mol. The summed E-state index contributed by atoms with van der Waals surface area (Å²) in [4.78, 5) is 16.4. The number of pyridine rings is 1. The molecule has 1 heterocycles. The lowest BCUT2D eigenvalue weighted by atomic mass is 10.2. The Balaban J connectivity index is 1.60. The summed E-state index contributed by atoms with van der Waals surface area (Å²) in [7, 11) is 0. The normalized spacial score (nSPS) is 10.5. The molecule has 3 rings (SSSR count). The van der Waals surface area contributed by atoms with Crippen LogP contribution in [0.4, 0.5) is 5.69 Å². The number of amides is 1. The van der Waals surface area contributed by atoms with E-state index in [9.17, 15) is 9.90 Å². The van der Waals surface area contributed by atoms with Crippen molar-refractivity contribution in [2.24, 2.45) is 0 Å². The molecule has 0 aliphatic carbocycles. The maximum Gasteiger partial charge on any atom is 0.234 e. The van der Waals surface area contributed by atoms with Crippen molar-refractivity contribution in [2.45, 2.75) is 5.03 Å². The summed E-state index contributed by atoms with van der Waals surface area (Å²) >= 11 is 1.39. The number of rotatable bonds is 4. The quantitative estimate of drug-likeness (QED) is 0.570. The van der Waals surface area contributed by atoms with Crippen LogP contribution in [0.5, 0.6) is 5.75 Å². The molecule has 0 saturated heterocycles. The number of aromatic hydroxyl groups is 1. The van der Waals surface area contributed by atoms with Gasteiger partial charge in [-0.1, -0.05) is 36.0 Å². The molecule has 2 aromatic carbocycles. The van der Waals surface area contributed by atoms with Gasteiger partial charge in [0.2, 0.25) is 5.91 Å². The molecule has 0 radical (unpaired) electrons. The number of carbonyl (C=O) groups is 1. The summed E-state index contributed by atoms with van der Waals surface area (Å²) in [5.41, 5.74) is 1.58. The third kappa shape index (κ3) is 3.56. The van der Waals surface area contributed by atoms with Crippen LogP contribution in [0.1, 0.15) is 0 Å². The number of aromatic nitrogens is 1. The van der Waals surface area contributed by atoms with Gasteiger partial charge in [0.25, 0.3) is 0 Å². The minimum Gasteiger partial charge on any atom is -0.508 e. The van der Waals surface area contributed by atoms with E-state index in [4.69, 9.17) is 0 Å². The molecule has 4 nitrogen and oxygen atoms in total. The Morgan fingerprint density at radius 2 is 1.82 bits per heavy atom. The lowest BCUT2D eigenvalue weighted by Gasteiger charge is -2.05. The van der Waals surface area contributed by atoms with E-state index in [0.717, 1.165) is 15.9 Å². The largest absolute Gasteiger partial charge is 0.508 e. The Labute approximate surface area is 132 Å². The summed E-state index contributed by atoms with van der Waals surface area (Å²) in [5, 5.41) is 13.9. The first-order chi connectivity index (χ1) is 10.7. The van der Waals surface area contributed by atoms with Gasteiger partial charge >= 0.3 is 0 Å². The zero-order valence-electron chi connectivity index (χ0n) is 11.7. The Morgan fingerprint density at radius 3 is 2.64 bits per heavy atom. The number of carbonyl (C=O) groups excluding carboxylic acids is 1. The van der Waals surface area contributed by atoms with Crippen molar-refractivity contribution >= 4 is 34.3 Å². The van der Waals surface area contributed by atoms with Crippen LogP contribution in [0, 0.1) is 0 Å². The van der Waals surface area contributed by atoms with Gasteiger partial charge in [0.05, 0.1) is 16.3 Å². The average Bonchev–Trinajstić information content (AvgIpc) is 2.55. The van der Waals surface area contributed by atoms with Crippen molar-refractivity contribution in [2.75, 3.05) is 11.1 Å². The minimum atomic E-state index is -0.106. The summed E-state index contributed by atoms with van der Waals surface area (Å²) in [5.74, 6) is 0.352. The molecule has 0 unspecified atom stereocenters. The third-order valence-corrected chi connectivity index (χ3v) is 4.00. The van der Waals surface area contributed by atoms with Crippen LogP contribution >= 0.6 is 11.8 Å². The Bertz CT molecular complexity index is 803. The van der Waals surface area contributed by atoms with Crippen molar-refractivity contribution in [3.63, 3.8) is 0 Å². The van der Waals surface area contributed by atoms with E-state index in [1.54, 1.807) is 12.1 Å². The number of benzene rings is 2. The zero-order valence-corrected chi connectivity index (χ0v) is 12.5. The second kappa shape index (κ2) is 6.49. The van der Waals surface area contributed by atoms with Crippen molar-refractivity contribution in [3.05, 3.63) is 60.7 Å². The van der Waals surface area contributed by atoms with E-state index in [1.165, 1.54) is 23.9 Å². The first-order valence-electron chi connectivity index (χ1n) is 6.78. The number of anilines is 1. The van der Waals surface area contributed by atoms with Gasteiger partial charge < -0.3 is 10.4 Å². The number of phenolic OH excluding ortho intramolecular Hbond substituents is 1. The van der Waals surface area contributed by atoms with E-state index < -0.39 is 0 Å². The van der Waals surface area contributed by atoms with Gasteiger partial charge in [-0.05, 0) is 36.4 Å². The number of nitrogens with zero attached hydrogens (tertiary/aromatic N) is 1. The van der Waals surface area contributed by atoms with E-state index in [0.29, 0.717) is 5.69 Å². The predicted octanol–water partition coefficient (Wildman–Crippen LogP) is 3.67. The van der Waals surface area contributed by atoms with E-state index in [-0.39, 0.29) is 17.4 Å².